The van der Waals surface area contributed by atoms with Gasteiger partial charge in [0.25, 0.3) is 0 Å². The first kappa shape index (κ1) is 20.7. The number of benzene rings is 3. The first-order valence-electron chi connectivity index (χ1n) is 10.5. The quantitative estimate of drug-likeness (QED) is 0.255. The van der Waals surface area contributed by atoms with Gasteiger partial charge in [-0.15, -0.1) is 10.2 Å². The predicted molar refractivity (Wildman–Crippen MR) is 133 cm³/mol. The van der Waals surface area contributed by atoms with E-state index in [0.717, 1.165) is 56.0 Å². The Kier molecular flexibility index (Phi) is 5.93. The zero-order valence-electron chi connectivity index (χ0n) is 17.6. The zero-order chi connectivity index (χ0) is 21.9. The molecular formula is C26H21ClN4S. The monoisotopic (exact) mass is 456 g/mol. The van der Waals surface area contributed by atoms with Gasteiger partial charge >= 0.3 is 0 Å². The summed E-state index contributed by atoms with van der Waals surface area (Å²) in [5.41, 5.74) is 5.21. The maximum Gasteiger partial charge on any atom is 0.191 e. The highest BCUT2D eigenvalue weighted by Gasteiger charge is 2.17. The molecule has 158 valence electrons. The SMILES string of the molecule is CCn1c(SCc2ccc(Cl)cc2)nnc1-c1cc(-c2ccccc2)nc2ccccc12. The average Bonchev–Trinajstić information content (AvgIpc) is 3.26. The Morgan fingerprint density at radius 2 is 1.62 bits per heavy atom. The highest BCUT2D eigenvalue weighted by molar-refractivity contribution is 7.98. The molecule has 0 aliphatic carbocycles. The first-order valence-corrected chi connectivity index (χ1v) is 11.9. The standard InChI is InChI=1S/C26H21ClN4S/c1-2-31-25(29-30-26(31)32-17-18-12-14-20(27)15-13-18)22-16-24(19-8-4-3-5-9-19)28-23-11-7-6-10-21(22)23/h3-16H,2,17H2,1H3. The number of hydrogen-bond acceptors (Lipinski definition) is 4. The van der Waals surface area contributed by atoms with Crippen LogP contribution in [0, 0.1) is 0 Å². The van der Waals surface area contributed by atoms with E-state index in [9.17, 15) is 0 Å². The molecule has 0 N–H and O–H groups in total. The van der Waals surface area contributed by atoms with Gasteiger partial charge in [-0.25, -0.2) is 4.98 Å². The lowest BCUT2D eigenvalue weighted by atomic mass is 10.0. The third kappa shape index (κ3) is 4.14. The maximum absolute atomic E-state index is 6.01. The largest absolute Gasteiger partial charge is 0.302 e. The summed E-state index contributed by atoms with van der Waals surface area (Å²) in [5.74, 6) is 1.67. The van der Waals surface area contributed by atoms with E-state index in [1.54, 1.807) is 11.8 Å². The van der Waals surface area contributed by atoms with E-state index in [-0.39, 0.29) is 0 Å². The van der Waals surface area contributed by atoms with Gasteiger partial charge in [0.1, 0.15) is 0 Å². The van der Waals surface area contributed by atoms with Gasteiger partial charge < -0.3 is 4.57 Å². The second-order valence-electron chi connectivity index (χ2n) is 7.40. The predicted octanol–water partition coefficient (Wildman–Crippen LogP) is 7.13. The Balaban J connectivity index is 1.57. The Labute approximate surface area is 196 Å². The van der Waals surface area contributed by atoms with Crippen LogP contribution in [-0.2, 0) is 12.3 Å². The molecule has 0 aliphatic rings. The number of thioether (sulfide) groups is 1. The van der Waals surface area contributed by atoms with Crippen LogP contribution in [0.4, 0.5) is 0 Å². The number of fused-ring (bicyclic) bond motifs is 1. The lowest BCUT2D eigenvalue weighted by Crippen LogP contribution is -2.01. The molecule has 32 heavy (non-hydrogen) atoms. The summed E-state index contributed by atoms with van der Waals surface area (Å²) in [4.78, 5) is 4.90. The van der Waals surface area contributed by atoms with E-state index in [1.807, 2.05) is 60.7 Å². The fraction of sp³-hybridized carbons (Fsp3) is 0.115. The fourth-order valence-electron chi connectivity index (χ4n) is 3.73. The average molecular weight is 457 g/mol. The van der Waals surface area contributed by atoms with Crippen LogP contribution < -0.4 is 0 Å². The van der Waals surface area contributed by atoms with Gasteiger partial charge in [-0.3, -0.25) is 0 Å². The molecule has 4 nitrogen and oxygen atoms in total. The number of halogens is 1. The summed E-state index contributed by atoms with van der Waals surface area (Å²) in [6.45, 7) is 2.91. The van der Waals surface area contributed by atoms with Gasteiger partial charge in [-0.1, -0.05) is 84.0 Å². The van der Waals surface area contributed by atoms with Crippen molar-refractivity contribution >= 4 is 34.3 Å². The molecule has 0 unspecified atom stereocenters. The van der Waals surface area contributed by atoms with Gasteiger partial charge in [-0.2, -0.15) is 0 Å². The number of para-hydroxylation sites is 1. The first-order chi connectivity index (χ1) is 15.7. The smallest absolute Gasteiger partial charge is 0.191 e. The third-order valence-electron chi connectivity index (χ3n) is 5.34. The molecule has 0 amide bonds. The highest BCUT2D eigenvalue weighted by Crippen LogP contribution is 2.33. The van der Waals surface area contributed by atoms with E-state index in [0.29, 0.717) is 0 Å². The van der Waals surface area contributed by atoms with Gasteiger partial charge in [0.15, 0.2) is 11.0 Å². The van der Waals surface area contributed by atoms with Crippen molar-refractivity contribution in [3.8, 4) is 22.6 Å². The van der Waals surface area contributed by atoms with Gasteiger partial charge in [0, 0.05) is 33.8 Å². The molecule has 0 spiro atoms. The number of nitrogens with zero attached hydrogens (tertiary/aromatic N) is 4. The summed E-state index contributed by atoms with van der Waals surface area (Å²) in [7, 11) is 0. The van der Waals surface area contributed by atoms with Gasteiger partial charge in [0.05, 0.1) is 11.2 Å². The maximum atomic E-state index is 6.01. The summed E-state index contributed by atoms with van der Waals surface area (Å²) in [5, 5.41) is 11.9. The fourth-order valence-corrected chi connectivity index (χ4v) is 4.81. The molecule has 0 fully saturated rings. The Hall–Kier alpha value is -3.15. The molecule has 2 aromatic heterocycles. The highest BCUT2D eigenvalue weighted by atomic mass is 35.5. The second kappa shape index (κ2) is 9.15. The van der Waals surface area contributed by atoms with Crippen LogP contribution in [-0.4, -0.2) is 19.7 Å². The molecule has 5 rings (SSSR count). The van der Waals surface area contributed by atoms with Crippen LogP contribution in [0.1, 0.15) is 12.5 Å². The Morgan fingerprint density at radius 3 is 2.41 bits per heavy atom. The van der Waals surface area contributed by atoms with Crippen LogP contribution in [0.2, 0.25) is 5.02 Å². The van der Waals surface area contributed by atoms with Crippen molar-refractivity contribution in [3.63, 3.8) is 0 Å². The van der Waals surface area contributed by atoms with Crippen molar-refractivity contribution in [1.29, 1.82) is 0 Å². The summed E-state index contributed by atoms with van der Waals surface area (Å²) in [6.07, 6.45) is 0. The number of aromatic nitrogens is 4. The number of rotatable bonds is 6. The van der Waals surface area contributed by atoms with Gasteiger partial charge in [0.2, 0.25) is 0 Å². The molecule has 0 bridgehead atoms. The molecule has 2 heterocycles. The minimum atomic E-state index is 0.747. The Bertz CT molecular complexity index is 1360. The molecule has 3 aromatic carbocycles. The molecule has 0 saturated heterocycles. The minimum absolute atomic E-state index is 0.747. The Morgan fingerprint density at radius 1 is 0.875 bits per heavy atom. The van der Waals surface area contributed by atoms with E-state index in [4.69, 9.17) is 16.6 Å². The lowest BCUT2D eigenvalue weighted by molar-refractivity contribution is 0.687. The molecule has 0 saturated carbocycles. The van der Waals surface area contributed by atoms with Crippen LogP contribution in [0.15, 0.2) is 90.1 Å². The van der Waals surface area contributed by atoms with Crippen molar-refractivity contribution in [2.45, 2.75) is 24.4 Å². The number of hydrogen-bond donors (Lipinski definition) is 0. The van der Waals surface area contributed by atoms with Crippen LogP contribution in [0.3, 0.4) is 0 Å². The molecule has 6 heteroatoms. The normalized spacial score (nSPS) is 11.2. The van der Waals surface area contributed by atoms with Crippen LogP contribution in [0.5, 0.6) is 0 Å². The summed E-state index contributed by atoms with van der Waals surface area (Å²) >= 11 is 7.70. The summed E-state index contributed by atoms with van der Waals surface area (Å²) < 4.78 is 2.18. The molecule has 5 aromatic rings. The molecule has 0 aliphatic heterocycles. The minimum Gasteiger partial charge on any atom is -0.302 e. The van der Waals surface area contributed by atoms with Crippen molar-refractivity contribution in [1.82, 2.24) is 19.7 Å². The van der Waals surface area contributed by atoms with Crippen molar-refractivity contribution in [2.75, 3.05) is 0 Å². The topological polar surface area (TPSA) is 43.6 Å². The van der Waals surface area contributed by atoms with E-state index < -0.39 is 0 Å². The van der Waals surface area contributed by atoms with Crippen molar-refractivity contribution in [2.24, 2.45) is 0 Å². The van der Waals surface area contributed by atoms with E-state index >= 15 is 0 Å². The van der Waals surface area contributed by atoms with Crippen molar-refractivity contribution in [3.05, 3.63) is 95.5 Å². The van der Waals surface area contributed by atoms with E-state index in [1.165, 1.54) is 5.56 Å². The third-order valence-corrected chi connectivity index (χ3v) is 6.63. The summed E-state index contributed by atoms with van der Waals surface area (Å²) in [6, 6.07) is 28.5. The van der Waals surface area contributed by atoms with Crippen LogP contribution >= 0.6 is 23.4 Å². The molecular weight excluding hydrogens is 436 g/mol. The van der Waals surface area contributed by atoms with Gasteiger partial charge in [-0.05, 0) is 36.8 Å². The second-order valence-corrected chi connectivity index (χ2v) is 8.78. The lowest BCUT2D eigenvalue weighted by Gasteiger charge is -2.12. The molecule has 0 radical (unpaired) electrons. The van der Waals surface area contributed by atoms with E-state index in [2.05, 4.69) is 46.0 Å². The molecule has 0 atom stereocenters. The van der Waals surface area contributed by atoms with Crippen LogP contribution in [0.25, 0.3) is 33.5 Å². The number of pyridine rings is 1. The van der Waals surface area contributed by atoms with Crippen molar-refractivity contribution < 1.29 is 0 Å². The zero-order valence-corrected chi connectivity index (χ0v) is 19.1.